The van der Waals surface area contributed by atoms with E-state index in [0.29, 0.717) is 42.3 Å². The van der Waals surface area contributed by atoms with E-state index in [0.717, 1.165) is 25.7 Å². The molecule has 0 bridgehead atoms. The topological polar surface area (TPSA) is 55.9 Å². The van der Waals surface area contributed by atoms with Gasteiger partial charge in [-0.25, -0.2) is 0 Å². The normalized spacial score (nSPS) is 61.3. The van der Waals surface area contributed by atoms with Gasteiger partial charge in [0.05, 0.1) is 6.10 Å². The first kappa shape index (κ1) is 15.9. The van der Waals surface area contributed by atoms with Crippen molar-refractivity contribution in [2.75, 3.05) is 0 Å². The van der Waals surface area contributed by atoms with Crippen LogP contribution in [0.15, 0.2) is 11.6 Å². The molecule has 5 fully saturated rings. The Morgan fingerprint density at radius 1 is 1.27 bits per heavy atom. The maximum absolute atomic E-state index is 12.1. The molecule has 6 rings (SSSR count). The Bertz CT molecular complexity index is 772. The molecule has 1 heterocycles. The first-order chi connectivity index (χ1) is 12.3. The highest BCUT2D eigenvalue weighted by Crippen LogP contribution is 2.82. The van der Waals surface area contributed by atoms with Gasteiger partial charge in [0.15, 0.2) is 5.78 Å². The van der Waals surface area contributed by atoms with Crippen molar-refractivity contribution in [3.05, 3.63) is 11.6 Å². The summed E-state index contributed by atoms with van der Waals surface area (Å²) in [4.78, 5) is 23.3. The van der Waals surface area contributed by atoms with Crippen molar-refractivity contribution in [3.8, 4) is 0 Å². The molecule has 140 valence electrons. The molecule has 0 amide bonds. The number of carbonyl (C=O) groups is 2. The van der Waals surface area contributed by atoms with Gasteiger partial charge in [-0.1, -0.05) is 19.4 Å². The lowest BCUT2D eigenvalue weighted by molar-refractivity contribution is -0.162. The fraction of sp³-hybridized carbons (Fsp3) is 0.818. The molecule has 9 atom stereocenters. The lowest BCUT2D eigenvalue weighted by Crippen LogP contribution is -2.60. The number of carbonyl (C=O) groups excluding carboxylic acids is 2. The second-order valence-electron chi connectivity index (χ2n) is 10.5. The molecule has 0 N–H and O–H groups in total. The van der Waals surface area contributed by atoms with Crippen molar-refractivity contribution in [2.45, 2.75) is 76.6 Å². The SMILES string of the molecule is C[C@]12CCC(=O)C=C1[C@@H]1C[C@@H]1[C@H]1[C@@H]3CC[C@](C)(OC=O)[C@@]3(C)CC3OC312. The fourth-order valence-corrected chi connectivity index (χ4v) is 8.34. The third-order valence-electron chi connectivity index (χ3n) is 9.95. The monoisotopic (exact) mass is 356 g/mol. The maximum Gasteiger partial charge on any atom is 0.293 e. The Morgan fingerprint density at radius 2 is 2.08 bits per heavy atom. The molecule has 0 aromatic heterocycles. The molecular weight excluding hydrogens is 328 g/mol. The van der Waals surface area contributed by atoms with Crippen LogP contribution in [0.1, 0.15) is 59.3 Å². The van der Waals surface area contributed by atoms with E-state index in [4.69, 9.17) is 9.47 Å². The van der Waals surface area contributed by atoms with Crippen LogP contribution in [0.3, 0.4) is 0 Å². The molecular formula is C22H28O4. The Hall–Kier alpha value is -1.16. The summed E-state index contributed by atoms with van der Waals surface area (Å²) in [6, 6.07) is 0. The van der Waals surface area contributed by atoms with E-state index in [1.807, 2.05) is 6.08 Å². The van der Waals surface area contributed by atoms with Crippen LogP contribution in [0.5, 0.6) is 0 Å². The predicted molar refractivity (Wildman–Crippen MR) is 94.1 cm³/mol. The van der Waals surface area contributed by atoms with E-state index in [-0.39, 0.29) is 28.1 Å². The standard InChI is InChI=1S/C22H28O4/c1-19-6-4-12(24)8-16(19)13-9-14(13)18-15-5-7-21(3,25-11-23)20(15,2)10-17-22(18,19)26-17/h8,11,13-15,17-18H,4-7,9-10H2,1-3H3/t13-,14+,15+,17?,18+,19+,20+,21+,22?/m1/s1. The van der Waals surface area contributed by atoms with Gasteiger partial charge in [0.1, 0.15) is 11.2 Å². The van der Waals surface area contributed by atoms with Gasteiger partial charge in [-0.05, 0) is 68.8 Å². The van der Waals surface area contributed by atoms with Crippen molar-refractivity contribution in [3.63, 3.8) is 0 Å². The van der Waals surface area contributed by atoms with E-state index < -0.39 is 0 Å². The number of ether oxygens (including phenoxy) is 2. The predicted octanol–water partition coefficient (Wildman–Crippen LogP) is 3.44. The fourth-order valence-electron chi connectivity index (χ4n) is 8.34. The molecule has 4 saturated carbocycles. The summed E-state index contributed by atoms with van der Waals surface area (Å²) in [6.45, 7) is 7.51. The molecule has 1 saturated heterocycles. The van der Waals surface area contributed by atoms with Crippen molar-refractivity contribution in [1.82, 2.24) is 0 Å². The number of ketones is 1. The molecule has 4 heteroatoms. The van der Waals surface area contributed by atoms with E-state index in [2.05, 4.69) is 20.8 Å². The van der Waals surface area contributed by atoms with Gasteiger partial charge in [-0.2, -0.15) is 0 Å². The molecule has 1 aliphatic heterocycles. The minimum Gasteiger partial charge on any atom is -0.461 e. The van der Waals surface area contributed by atoms with Crippen molar-refractivity contribution in [2.24, 2.45) is 34.5 Å². The zero-order valence-corrected chi connectivity index (χ0v) is 15.9. The first-order valence-corrected chi connectivity index (χ1v) is 10.3. The quantitative estimate of drug-likeness (QED) is 0.562. The van der Waals surface area contributed by atoms with Crippen LogP contribution in [-0.2, 0) is 19.1 Å². The average molecular weight is 356 g/mol. The summed E-state index contributed by atoms with van der Waals surface area (Å²) in [6.07, 6.45) is 8.13. The van der Waals surface area contributed by atoms with E-state index in [9.17, 15) is 9.59 Å². The average Bonchev–Trinajstić information content (AvgIpc) is 3.47. The van der Waals surface area contributed by atoms with Gasteiger partial charge in [0.2, 0.25) is 0 Å². The second kappa shape index (κ2) is 4.29. The summed E-state index contributed by atoms with van der Waals surface area (Å²) in [5.41, 5.74) is 0.999. The highest BCUT2D eigenvalue weighted by atomic mass is 16.6. The van der Waals surface area contributed by atoms with E-state index in [1.54, 1.807) is 0 Å². The van der Waals surface area contributed by atoms with Gasteiger partial charge in [-0.15, -0.1) is 0 Å². The Balaban J connectivity index is 1.47. The first-order valence-electron chi connectivity index (χ1n) is 10.3. The van der Waals surface area contributed by atoms with Crippen LogP contribution in [-0.4, -0.2) is 29.6 Å². The highest BCUT2D eigenvalue weighted by Gasteiger charge is 2.85. The van der Waals surface area contributed by atoms with E-state index >= 15 is 0 Å². The third-order valence-corrected chi connectivity index (χ3v) is 9.95. The van der Waals surface area contributed by atoms with Crippen molar-refractivity contribution >= 4 is 12.3 Å². The number of hydrogen-bond acceptors (Lipinski definition) is 4. The molecule has 0 radical (unpaired) electrons. The van der Waals surface area contributed by atoms with E-state index in [1.165, 1.54) is 12.0 Å². The molecule has 5 aliphatic carbocycles. The molecule has 2 unspecified atom stereocenters. The summed E-state index contributed by atoms with van der Waals surface area (Å²) in [5.74, 6) is 2.67. The van der Waals surface area contributed by atoms with Crippen LogP contribution in [0.4, 0.5) is 0 Å². The molecule has 26 heavy (non-hydrogen) atoms. The molecule has 6 aliphatic rings. The molecule has 1 spiro atoms. The maximum atomic E-state index is 12.1. The summed E-state index contributed by atoms with van der Waals surface area (Å²) < 4.78 is 12.4. The summed E-state index contributed by atoms with van der Waals surface area (Å²) in [7, 11) is 0. The van der Waals surface area contributed by atoms with Gasteiger partial charge in [0.25, 0.3) is 6.47 Å². The van der Waals surface area contributed by atoms with Gasteiger partial charge >= 0.3 is 0 Å². The van der Waals surface area contributed by atoms with Crippen molar-refractivity contribution in [1.29, 1.82) is 0 Å². The zero-order chi connectivity index (χ0) is 18.1. The van der Waals surface area contributed by atoms with Crippen LogP contribution in [0.25, 0.3) is 0 Å². The van der Waals surface area contributed by atoms with Gasteiger partial charge < -0.3 is 9.47 Å². The Kier molecular flexibility index (Phi) is 2.62. The summed E-state index contributed by atoms with van der Waals surface area (Å²) >= 11 is 0. The van der Waals surface area contributed by atoms with Crippen LogP contribution in [0, 0.1) is 34.5 Å². The second-order valence-corrected chi connectivity index (χ2v) is 10.5. The summed E-state index contributed by atoms with van der Waals surface area (Å²) in [5, 5.41) is 0. The minimum absolute atomic E-state index is 0.00154. The number of hydrogen-bond donors (Lipinski definition) is 0. The third kappa shape index (κ3) is 1.44. The van der Waals surface area contributed by atoms with Crippen LogP contribution < -0.4 is 0 Å². The van der Waals surface area contributed by atoms with Crippen LogP contribution in [0.2, 0.25) is 0 Å². The number of epoxide rings is 1. The molecule has 0 aromatic rings. The molecule has 4 nitrogen and oxygen atoms in total. The largest absolute Gasteiger partial charge is 0.461 e. The smallest absolute Gasteiger partial charge is 0.293 e. The number of rotatable bonds is 2. The minimum atomic E-state index is -0.374. The van der Waals surface area contributed by atoms with Crippen molar-refractivity contribution < 1.29 is 19.1 Å². The Morgan fingerprint density at radius 3 is 2.85 bits per heavy atom. The Labute approximate surface area is 154 Å². The lowest BCUT2D eigenvalue weighted by atomic mass is 9.46. The van der Waals surface area contributed by atoms with Gasteiger partial charge in [0, 0.05) is 17.3 Å². The zero-order valence-electron chi connectivity index (χ0n) is 15.9. The number of fused-ring (bicyclic) bond motifs is 6. The van der Waals surface area contributed by atoms with Gasteiger partial charge in [-0.3, -0.25) is 9.59 Å². The lowest BCUT2D eigenvalue weighted by Gasteiger charge is -2.56. The van der Waals surface area contributed by atoms with Crippen LogP contribution >= 0.6 is 0 Å². The molecule has 0 aromatic carbocycles. The highest BCUT2D eigenvalue weighted by molar-refractivity contribution is 5.92.